The van der Waals surface area contributed by atoms with Crippen LogP contribution in [0.3, 0.4) is 0 Å². The summed E-state index contributed by atoms with van der Waals surface area (Å²) >= 11 is 0. The predicted octanol–water partition coefficient (Wildman–Crippen LogP) is 6.38. The van der Waals surface area contributed by atoms with Crippen LogP contribution >= 0.6 is 0 Å². The molecule has 0 unspecified atom stereocenters. The monoisotopic (exact) mass is 574 g/mol. The summed E-state index contributed by atoms with van der Waals surface area (Å²) in [4.78, 5) is 16.8. The number of ether oxygens (including phenoxy) is 1. The van der Waals surface area contributed by atoms with Gasteiger partial charge in [0.05, 0.1) is 28.6 Å². The van der Waals surface area contributed by atoms with Gasteiger partial charge in [-0.25, -0.2) is 14.0 Å². The minimum absolute atomic E-state index is 0.0624. The summed E-state index contributed by atoms with van der Waals surface area (Å²) in [6.45, 7) is 6.92. The van der Waals surface area contributed by atoms with Crippen LogP contribution in [0.25, 0.3) is 33.7 Å². The van der Waals surface area contributed by atoms with Crippen molar-refractivity contribution in [3.8, 4) is 34.1 Å². The second-order valence-electron chi connectivity index (χ2n) is 10.5. The van der Waals surface area contributed by atoms with Crippen LogP contribution in [-0.4, -0.2) is 36.1 Å². The number of hydrogen-bond donors (Lipinski definition) is 2. The Morgan fingerprint density at radius 3 is 2.43 bits per heavy atom. The Morgan fingerprint density at radius 1 is 1.07 bits per heavy atom. The molecule has 10 nitrogen and oxygen atoms in total. The van der Waals surface area contributed by atoms with E-state index < -0.39 is 23.4 Å². The van der Waals surface area contributed by atoms with Gasteiger partial charge in [0.1, 0.15) is 5.60 Å². The lowest BCUT2D eigenvalue weighted by Gasteiger charge is -2.19. The van der Waals surface area contributed by atoms with E-state index >= 15 is 0 Å². The van der Waals surface area contributed by atoms with E-state index in [9.17, 15) is 23.2 Å². The number of nitriles is 1. The normalized spacial score (nSPS) is 11.9. The molecule has 5 rings (SSSR count). The second kappa shape index (κ2) is 10.2. The third kappa shape index (κ3) is 5.60. The molecule has 42 heavy (non-hydrogen) atoms. The zero-order valence-electron chi connectivity index (χ0n) is 23.0. The van der Waals surface area contributed by atoms with Crippen molar-refractivity contribution in [1.82, 2.24) is 24.4 Å². The number of hydrogen-bond acceptors (Lipinski definition) is 7. The van der Waals surface area contributed by atoms with Gasteiger partial charge < -0.3 is 10.5 Å². The van der Waals surface area contributed by atoms with Crippen molar-refractivity contribution in [1.29, 1.82) is 5.26 Å². The van der Waals surface area contributed by atoms with Crippen molar-refractivity contribution in [2.24, 2.45) is 0 Å². The lowest BCUT2D eigenvalue weighted by molar-refractivity contribution is -0.137. The van der Waals surface area contributed by atoms with Crippen molar-refractivity contribution in [2.45, 2.75) is 39.5 Å². The van der Waals surface area contributed by atoms with Gasteiger partial charge in [0.15, 0.2) is 11.5 Å². The third-order valence-corrected chi connectivity index (χ3v) is 6.24. The Hall–Kier alpha value is -5.38. The maximum atomic E-state index is 13.6. The number of pyridine rings is 1. The van der Waals surface area contributed by atoms with Crippen molar-refractivity contribution in [3.05, 3.63) is 77.5 Å². The van der Waals surface area contributed by atoms with Gasteiger partial charge in [-0.05, 0) is 75.2 Å². The Balaban J connectivity index is 1.74. The van der Waals surface area contributed by atoms with Gasteiger partial charge in [-0.2, -0.15) is 23.4 Å². The number of nitrogens with one attached hydrogen (secondary N) is 1. The average molecular weight is 575 g/mol. The number of carbonyl (C=O) groups is 1. The van der Waals surface area contributed by atoms with E-state index in [1.54, 1.807) is 70.3 Å². The summed E-state index contributed by atoms with van der Waals surface area (Å²) in [6.07, 6.45) is -3.64. The lowest BCUT2D eigenvalue weighted by Crippen LogP contribution is -2.27. The number of carbonyl (C=O) groups excluding carboxylic acids is 1. The summed E-state index contributed by atoms with van der Waals surface area (Å²) < 4.78 is 49.2. The molecule has 13 heteroatoms. The van der Waals surface area contributed by atoms with Gasteiger partial charge in [-0.3, -0.25) is 5.32 Å². The van der Waals surface area contributed by atoms with E-state index in [4.69, 9.17) is 10.5 Å². The van der Waals surface area contributed by atoms with Crippen molar-refractivity contribution in [3.63, 3.8) is 0 Å². The zero-order chi connectivity index (χ0) is 30.4. The van der Waals surface area contributed by atoms with Crippen LogP contribution in [0.15, 0.2) is 60.8 Å². The minimum atomic E-state index is -4.55. The molecule has 0 fully saturated rings. The fourth-order valence-corrected chi connectivity index (χ4v) is 4.49. The molecule has 3 heterocycles. The molecule has 0 aliphatic rings. The van der Waals surface area contributed by atoms with Crippen molar-refractivity contribution in [2.75, 3.05) is 11.1 Å². The molecular weight excluding hydrogens is 549 g/mol. The first-order chi connectivity index (χ1) is 19.7. The van der Waals surface area contributed by atoms with Crippen LogP contribution < -0.4 is 11.1 Å². The van der Waals surface area contributed by atoms with Gasteiger partial charge in [0.2, 0.25) is 5.95 Å². The molecule has 3 aromatic heterocycles. The summed E-state index contributed by atoms with van der Waals surface area (Å²) in [5.41, 5.74) is 7.79. The van der Waals surface area contributed by atoms with E-state index in [0.717, 1.165) is 12.1 Å². The standard InChI is InChI=1S/C29H25F3N8O2/c1-16-21(15-39-25(36-26(34)38-39)24(16)18-6-5-7-19(12-18)29(30,31)32)22-13-23(35-27(41)42-28(2,3)4)37-40(22)20-10-8-17(14-33)9-11-20/h5-13,15H,1-4H3,(H2,34,38)(H,35,37,41). The first-order valence-corrected chi connectivity index (χ1v) is 12.7. The highest BCUT2D eigenvalue weighted by atomic mass is 19.4. The molecule has 0 atom stereocenters. The van der Waals surface area contributed by atoms with Gasteiger partial charge >= 0.3 is 12.3 Å². The molecule has 0 saturated heterocycles. The largest absolute Gasteiger partial charge is 0.444 e. The highest BCUT2D eigenvalue weighted by Crippen LogP contribution is 2.39. The molecule has 0 aliphatic carbocycles. The van der Waals surface area contributed by atoms with E-state index in [1.807, 2.05) is 0 Å². The number of benzene rings is 2. The predicted molar refractivity (Wildman–Crippen MR) is 150 cm³/mol. The van der Waals surface area contributed by atoms with Crippen LogP contribution in [0.4, 0.5) is 29.7 Å². The van der Waals surface area contributed by atoms with Crippen LogP contribution in [0, 0.1) is 18.3 Å². The highest BCUT2D eigenvalue weighted by Gasteiger charge is 2.31. The number of nitrogens with zero attached hydrogens (tertiary/aromatic N) is 6. The molecular formula is C29H25F3N8O2. The summed E-state index contributed by atoms with van der Waals surface area (Å²) in [7, 11) is 0. The Kier molecular flexibility index (Phi) is 6.85. The number of nitrogen functional groups attached to an aromatic ring is 1. The summed E-state index contributed by atoms with van der Waals surface area (Å²) in [5, 5.41) is 20.7. The molecule has 3 N–H and O–H groups in total. The molecule has 214 valence electrons. The highest BCUT2D eigenvalue weighted by molar-refractivity contribution is 5.89. The molecule has 0 aliphatic heterocycles. The SMILES string of the molecule is Cc1c(-c2cc(NC(=O)OC(C)(C)C)nn2-c2ccc(C#N)cc2)cn2nc(N)nc2c1-c1cccc(C(F)(F)F)c1. The maximum Gasteiger partial charge on any atom is 0.416 e. The molecule has 5 aromatic rings. The zero-order valence-corrected chi connectivity index (χ0v) is 23.0. The number of amides is 1. The summed E-state index contributed by atoms with van der Waals surface area (Å²) in [5.74, 6) is 0.0921. The number of nitrogens with two attached hydrogens (primary N) is 1. The minimum Gasteiger partial charge on any atom is -0.444 e. The second-order valence-corrected chi connectivity index (χ2v) is 10.5. The molecule has 0 radical (unpaired) electrons. The number of halogens is 3. The Morgan fingerprint density at radius 2 is 1.79 bits per heavy atom. The van der Waals surface area contributed by atoms with Crippen LogP contribution in [-0.2, 0) is 10.9 Å². The number of aromatic nitrogens is 5. The fraction of sp³-hybridized carbons (Fsp3) is 0.207. The maximum absolute atomic E-state index is 13.6. The molecule has 2 aromatic carbocycles. The number of fused-ring (bicyclic) bond motifs is 1. The van der Waals surface area contributed by atoms with E-state index in [1.165, 1.54) is 15.3 Å². The van der Waals surface area contributed by atoms with Crippen molar-refractivity contribution >= 4 is 23.5 Å². The summed E-state index contributed by atoms with van der Waals surface area (Å²) in [6, 6.07) is 15.2. The molecule has 0 spiro atoms. The van der Waals surface area contributed by atoms with Gasteiger partial charge in [-0.15, -0.1) is 10.2 Å². The van der Waals surface area contributed by atoms with Crippen LogP contribution in [0.2, 0.25) is 0 Å². The molecule has 0 bridgehead atoms. The van der Waals surface area contributed by atoms with Gasteiger partial charge in [0.25, 0.3) is 0 Å². The lowest BCUT2D eigenvalue weighted by atomic mass is 9.95. The Bertz CT molecular complexity index is 1860. The quantitative estimate of drug-likeness (QED) is 0.254. The van der Waals surface area contributed by atoms with Crippen LogP contribution in [0.1, 0.15) is 37.5 Å². The van der Waals surface area contributed by atoms with Gasteiger partial charge in [0, 0.05) is 23.4 Å². The fourth-order valence-electron chi connectivity index (χ4n) is 4.49. The third-order valence-electron chi connectivity index (χ3n) is 6.24. The number of rotatable bonds is 4. The van der Waals surface area contributed by atoms with Crippen LogP contribution in [0.5, 0.6) is 0 Å². The average Bonchev–Trinajstić information content (AvgIpc) is 3.49. The first kappa shape index (κ1) is 28.2. The Labute approximate surface area is 238 Å². The van der Waals surface area contributed by atoms with E-state index in [0.29, 0.717) is 33.6 Å². The topological polar surface area (TPSA) is 136 Å². The van der Waals surface area contributed by atoms with E-state index in [2.05, 4.69) is 26.6 Å². The van der Waals surface area contributed by atoms with E-state index in [-0.39, 0.29) is 23.0 Å². The molecule has 0 saturated carbocycles. The number of anilines is 2. The first-order valence-electron chi connectivity index (χ1n) is 12.7. The molecule has 1 amide bonds. The smallest absolute Gasteiger partial charge is 0.416 e. The van der Waals surface area contributed by atoms with Crippen molar-refractivity contribution < 1.29 is 22.7 Å². The number of alkyl halides is 3. The van der Waals surface area contributed by atoms with Gasteiger partial charge in [-0.1, -0.05) is 12.1 Å².